The van der Waals surface area contributed by atoms with Crippen molar-refractivity contribution in [2.45, 2.75) is 46.1 Å². The molecule has 2 atom stereocenters. The number of rotatable bonds is 3. The minimum absolute atomic E-state index is 0.112. The molecular formula is C21H23N3O2S. The number of carbonyl (C=O) groups is 1. The topological polar surface area (TPSA) is 64.0 Å². The number of amides is 1. The van der Waals surface area contributed by atoms with Crippen molar-refractivity contribution in [2.75, 3.05) is 5.32 Å². The molecule has 6 heteroatoms. The van der Waals surface area contributed by atoms with E-state index < -0.39 is 6.04 Å². The second kappa shape index (κ2) is 6.93. The molecule has 140 valence electrons. The Bertz CT molecular complexity index is 1070. The van der Waals surface area contributed by atoms with E-state index in [4.69, 9.17) is 0 Å². The number of hydrogen-bond donors (Lipinski definition) is 1. The number of nitrogens with zero attached hydrogens (tertiary/aromatic N) is 2. The highest BCUT2D eigenvalue weighted by Crippen LogP contribution is 2.35. The molecule has 1 aromatic carbocycles. The van der Waals surface area contributed by atoms with Gasteiger partial charge in [-0.1, -0.05) is 24.6 Å². The summed E-state index contributed by atoms with van der Waals surface area (Å²) in [6.45, 7) is 5.98. The Kier molecular flexibility index (Phi) is 4.60. The molecule has 0 unspecified atom stereocenters. The van der Waals surface area contributed by atoms with Gasteiger partial charge in [-0.25, -0.2) is 4.98 Å². The third kappa shape index (κ3) is 3.30. The van der Waals surface area contributed by atoms with Crippen LogP contribution in [0.1, 0.15) is 42.3 Å². The summed E-state index contributed by atoms with van der Waals surface area (Å²) in [6.07, 6.45) is 4.53. The third-order valence-corrected chi connectivity index (χ3v) is 6.52. The van der Waals surface area contributed by atoms with Gasteiger partial charge >= 0.3 is 0 Å². The van der Waals surface area contributed by atoms with E-state index in [9.17, 15) is 9.59 Å². The Morgan fingerprint density at radius 2 is 2.07 bits per heavy atom. The number of thiophene rings is 1. The summed E-state index contributed by atoms with van der Waals surface area (Å²) in [5, 5.41) is 3.59. The average molecular weight is 382 g/mol. The first-order valence-electron chi connectivity index (χ1n) is 9.33. The predicted molar refractivity (Wildman–Crippen MR) is 110 cm³/mol. The van der Waals surface area contributed by atoms with Crippen LogP contribution in [0.15, 0.2) is 35.4 Å². The van der Waals surface area contributed by atoms with Crippen molar-refractivity contribution in [1.29, 1.82) is 0 Å². The summed E-state index contributed by atoms with van der Waals surface area (Å²) in [7, 11) is 0. The second-order valence-electron chi connectivity index (χ2n) is 7.52. The van der Waals surface area contributed by atoms with Gasteiger partial charge in [0.05, 0.1) is 11.7 Å². The molecule has 0 bridgehead atoms. The van der Waals surface area contributed by atoms with Crippen LogP contribution in [0.2, 0.25) is 0 Å². The number of aromatic nitrogens is 2. The molecule has 1 aliphatic carbocycles. The number of aryl methyl sites for hydroxylation is 2. The zero-order chi connectivity index (χ0) is 19.1. The lowest BCUT2D eigenvalue weighted by molar-refractivity contribution is -0.118. The molecule has 0 radical (unpaired) electrons. The van der Waals surface area contributed by atoms with Gasteiger partial charge in [0.2, 0.25) is 5.91 Å². The van der Waals surface area contributed by atoms with Crippen molar-refractivity contribution < 1.29 is 4.79 Å². The fraction of sp³-hybridized carbons (Fsp3) is 0.381. The van der Waals surface area contributed by atoms with Gasteiger partial charge in [0, 0.05) is 10.6 Å². The summed E-state index contributed by atoms with van der Waals surface area (Å²) in [6, 6.07) is 6.98. The smallest absolute Gasteiger partial charge is 0.263 e. The molecular weight excluding hydrogens is 358 g/mol. The van der Waals surface area contributed by atoms with Crippen molar-refractivity contribution in [3.05, 3.63) is 57.0 Å². The predicted octanol–water partition coefficient (Wildman–Crippen LogP) is 4.09. The number of benzene rings is 1. The molecule has 2 aromatic heterocycles. The van der Waals surface area contributed by atoms with Crippen LogP contribution < -0.4 is 10.9 Å². The fourth-order valence-electron chi connectivity index (χ4n) is 3.63. The van der Waals surface area contributed by atoms with E-state index in [1.54, 1.807) is 18.3 Å². The lowest BCUT2D eigenvalue weighted by Gasteiger charge is -2.18. The average Bonchev–Trinajstić information content (AvgIpc) is 3.01. The Morgan fingerprint density at radius 3 is 2.81 bits per heavy atom. The Hall–Kier alpha value is -2.47. The number of anilines is 1. The van der Waals surface area contributed by atoms with E-state index in [0.29, 0.717) is 11.3 Å². The maximum Gasteiger partial charge on any atom is 0.263 e. The molecule has 2 heterocycles. The highest BCUT2D eigenvalue weighted by molar-refractivity contribution is 7.18. The number of carbonyl (C=O) groups excluding carboxylic acids is 1. The van der Waals surface area contributed by atoms with Crippen LogP contribution in [0.4, 0.5) is 5.69 Å². The van der Waals surface area contributed by atoms with Crippen LogP contribution in [0.5, 0.6) is 0 Å². The first kappa shape index (κ1) is 17.9. The third-order valence-electron chi connectivity index (χ3n) is 5.36. The van der Waals surface area contributed by atoms with Gasteiger partial charge in [0.1, 0.15) is 10.9 Å². The Labute approximate surface area is 162 Å². The first-order valence-corrected chi connectivity index (χ1v) is 10.1. The van der Waals surface area contributed by atoms with Crippen molar-refractivity contribution >= 4 is 33.1 Å². The molecule has 1 N–H and O–H groups in total. The molecule has 0 fully saturated rings. The number of fused-ring (bicyclic) bond motifs is 3. The molecule has 0 saturated heterocycles. The van der Waals surface area contributed by atoms with E-state index in [2.05, 4.69) is 17.2 Å². The maximum absolute atomic E-state index is 13.1. The van der Waals surface area contributed by atoms with Gasteiger partial charge in [-0.05, 0) is 56.7 Å². The van der Waals surface area contributed by atoms with Gasteiger partial charge in [0.15, 0.2) is 0 Å². The van der Waals surface area contributed by atoms with Crippen molar-refractivity contribution in [3.63, 3.8) is 0 Å². The highest BCUT2D eigenvalue weighted by Gasteiger charge is 2.25. The number of nitrogens with one attached hydrogen (secondary N) is 1. The van der Waals surface area contributed by atoms with E-state index in [0.717, 1.165) is 40.9 Å². The Balaban J connectivity index is 1.66. The van der Waals surface area contributed by atoms with Gasteiger partial charge in [0.25, 0.3) is 5.56 Å². The van der Waals surface area contributed by atoms with Crippen LogP contribution in [0, 0.1) is 12.8 Å². The van der Waals surface area contributed by atoms with Crippen LogP contribution in [-0.2, 0) is 17.6 Å². The van der Waals surface area contributed by atoms with Crippen LogP contribution in [0.25, 0.3) is 10.2 Å². The molecule has 0 saturated carbocycles. The molecule has 0 aliphatic heterocycles. The largest absolute Gasteiger partial charge is 0.324 e. The summed E-state index contributed by atoms with van der Waals surface area (Å²) in [5.41, 5.74) is 2.88. The van der Waals surface area contributed by atoms with Crippen LogP contribution in [-0.4, -0.2) is 15.5 Å². The molecule has 3 aromatic rings. The standard InChI is InChI=1S/C21H23N3O2S/c1-12-4-7-15(8-5-12)23-19(25)14(3)24-11-22-20-18(21(24)26)16-9-6-13(2)10-17(16)27-20/h4-5,7-8,11,13-14H,6,9-10H2,1-3H3,(H,23,25)/t13-,14-/m1/s1. The summed E-state index contributed by atoms with van der Waals surface area (Å²) >= 11 is 1.63. The van der Waals surface area contributed by atoms with Gasteiger partial charge < -0.3 is 5.32 Å². The van der Waals surface area contributed by atoms with Gasteiger partial charge in [-0.3, -0.25) is 14.2 Å². The first-order chi connectivity index (χ1) is 12.9. The second-order valence-corrected chi connectivity index (χ2v) is 8.60. The van der Waals surface area contributed by atoms with Gasteiger partial charge in [-0.2, -0.15) is 0 Å². The quantitative estimate of drug-likeness (QED) is 0.743. The van der Waals surface area contributed by atoms with Crippen molar-refractivity contribution in [3.8, 4) is 0 Å². The molecule has 4 rings (SSSR count). The monoisotopic (exact) mass is 381 g/mol. The van der Waals surface area contributed by atoms with Gasteiger partial charge in [-0.15, -0.1) is 11.3 Å². The zero-order valence-electron chi connectivity index (χ0n) is 15.8. The molecule has 1 amide bonds. The number of hydrogen-bond acceptors (Lipinski definition) is 4. The fourth-order valence-corrected chi connectivity index (χ4v) is 4.97. The van der Waals surface area contributed by atoms with Crippen molar-refractivity contribution in [1.82, 2.24) is 9.55 Å². The van der Waals surface area contributed by atoms with Crippen LogP contribution in [0.3, 0.4) is 0 Å². The van der Waals surface area contributed by atoms with Crippen molar-refractivity contribution in [2.24, 2.45) is 5.92 Å². The molecule has 27 heavy (non-hydrogen) atoms. The minimum Gasteiger partial charge on any atom is -0.324 e. The molecule has 5 nitrogen and oxygen atoms in total. The normalized spacial score (nSPS) is 17.5. The maximum atomic E-state index is 13.1. The Morgan fingerprint density at radius 1 is 1.33 bits per heavy atom. The molecule has 0 spiro atoms. The SMILES string of the molecule is Cc1ccc(NC(=O)[C@@H](C)n2cnc3sc4c(c3c2=O)CC[C@@H](C)C4)cc1. The molecule has 1 aliphatic rings. The van der Waals surface area contributed by atoms with E-state index >= 15 is 0 Å². The zero-order valence-corrected chi connectivity index (χ0v) is 16.6. The van der Waals surface area contributed by atoms with Crippen LogP contribution >= 0.6 is 11.3 Å². The summed E-state index contributed by atoms with van der Waals surface area (Å²) < 4.78 is 1.46. The van der Waals surface area contributed by atoms with E-state index in [1.165, 1.54) is 15.8 Å². The van der Waals surface area contributed by atoms with E-state index in [-0.39, 0.29) is 11.5 Å². The van der Waals surface area contributed by atoms with E-state index in [1.807, 2.05) is 31.2 Å². The summed E-state index contributed by atoms with van der Waals surface area (Å²) in [5.74, 6) is 0.423. The lowest BCUT2D eigenvalue weighted by atomic mass is 9.89. The summed E-state index contributed by atoms with van der Waals surface area (Å²) in [4.78, 5) is 32.4. The lowest BCUT2D eigenvalue weighted by Crippen LogP contribution is -2.32. The minimum atomic E-state index is -0.631. The highest BCUT2D eigenvalue weighted by atomic mass is 32.1.